The smallest absolute Gasteiger partial charge is 0.326 e. The van der Waals surface area contributed by atoms with Crippen molar-refractivity contribution in [3.8, 4) is 0 Å². The predicted octanol–water partition coefficient (Wildman–Crippen LogP) is 2.34. The molecule has 108 valence electrons. The highest BCUT2D eigenvalue weighted by molar-refractivity contribution is 14.1. The van der Waals surface area contributed by atoms with Crippen LogP contribution in [-0.4, -0.2) is 47.3 Å². The highest BCUT2D eigenvalue weighted by atomic mass is 127. The Morgan fingerprint density at radius 2 is 1.95 bits per heavy atom. The van der Waals surface area contributed by atoms with Crippen molar-refractivity contribution < 1.29 is 14.5 Å². The Balaban J connectivity index is 3.17. The Morgan fingerprint density at radius 3 is 2.40 bits per heavy atom. The minimum absolute atomic E-state index is 0.120. The van der Waals surface area contributed by atoms with Gasteiger partial charge in [-0.15, -0.1) is 0 Å². The number of nitrogens with zero attached hydrogens (tertiary/aromatic N) is 3. The van der Waals surface area contributed by atoms with Gasteiger partial charge in [-0.2, -0.15) is 0 Å². The Kier molecular flexibility index (Phi) is 5.43. The van der Waals surface area contributed by atoms with Gasteiger partial charge in [-0.1, -0.05) is 0 Å². The van der Waals surface area contributed by atoms with Gasteiger partial charge in [0.2, 0.25) is 0 Å². The molecule has 0 aromatic heterocycles. The maximum absolute atomic E-state index is 12.3. The lowest BCUT2D eigenvalue weighted by molar-refractivity contribution is -0.385. The fraction of sp³-hybridized carbons (Fsp3) is 0.333. The second-order valence-electron chi connectivity index (χ2n) is 4.15. The van der Waals surface area contributed by atoms with Gasteiger partial charge in [0.25, 0.3) is 11.6 Å². The highest BCUT2D eigenvalue weighted by Gasteiger charge is 2.24. The van der Waals surface area contributed by atoms with Crippen LogP contribution in [0.2, 0.25) is 0 Å². The molecule has 0 aliphatic carbocycles. The summed E-state index contributed by atoms with van der Waals surface area (Å²) in [6, 6.07) is 3.69. The van der Waals surface area contributed by atoms with E-state index in [9.17, 15) is 19.7 Å². The maximum Gasteiger partial charge on any atom is 0.326 e. The van der Waals surface area contributed by atoms with Crippen molar-refractivity contribution in [2.75, 3.05) is 20.6 Å². The zero-order valence-corrected chi connectivity index (χ0v) is 13.4. The molecule has 0 spiro atoms. The van der Waals surface area contributed by atoms with Crippen molar-refractivity contribution in [2.24, 2.45) is 0 Å². The van der Waals surface area contributed by atoms with Crippen LogP contribution in [0, 0.1) is 13.7 Å². The van der Waals surface area contributed by atoms with Crippen molar-refractivity contribution in [3.05, 3.63) is 37.4 Å². The van der Waals surface area contributed by atoms with Crippen LogP contribution in [-0.2, 0) is 0 Å². The van der Waals surface area contributed by atoms with E-state index in [4.69, 9.17) is 0 Å². The number of nitro benzene ring substituents is 1. The van der Waals surface area contributed by atoms with E-state index in [0.717, 1.165) is 4.90 Å². The average molecular weight is 391 g/mol. The van der Waals surface area contributed by atoms with E-state index >= 15 is 0 Å². The first-order valence-corrected chi connectivity index (χ1v) is 6.84. The maximum atomic E-state index is 12.3. The summed E-state index contributed by atoms with van der Waals surface area (Å²) >= 11 is 1.82. The van der Waals surface area contributed by atoms with Gasteiger partial charge in [0.05, 0.1) is 8.49 Å². The van der Waals surface area contributed by atoms with Gasteiger partial charge >= 0.3 is 6.03 Å². The molecule has 0 unspecified atom stereocenters. The summed E-state index contributed by atoms with van der Waals surface area (Å²) in [5.41, 5.74) is -0.0287. The summed E-state index contributed by atoms with van der Waals surface area (Å²) < 4.78 is 0.436. The van der Waals surface area contributed by atoms with E-state index in [1.165, 1.54) is 37.2 Å². The van der Waals surface area contributed by atoms with Crippen LogP contribution in [0.1, 0.15) is 17.3 Å². The van der Waals surface area contributed by atoms with Crippen LogP contribution in [0.3, 0.4) is 0 Å². The summed E-state index contributed by atoms with van der Waals surface area (Å²) in [7, 11) is 3.07. The molecule has 0 radical (unpaired) electrons. The summed E-state index contributed by atoms with van der Waals surface area (Å²) in [6.45, 7) is 1.86. The van der Waals surface area contributed by atoms with Crippen LogP contribution >= 0.6 is 22.6 Å². The van der Waals surface area contributed by atoms with E-state index in [0.29, 0.717) is 3.57 Å². The van der Waals surface area contributed by atoms with Gasteiger partial charge in [0.1, 0.15) is 0 Å². The van der Waals surface area contributed by atoms with E-state index < -0.39 is 16.9 Å². The topological polar surface area (TPSA) is 83.8 Å². The van der Waals surface area contributed by atoms with Crippen molar-refractivity contribution in [1.82, 2.24) is 9.80 Å². The van der Waals surface area contributed by atoms with Crippen LogP contribution in [0.15, 0.2) is 18.2 Å². The van der Waals surface area contributed by atoms with Gasteiger partial charge in [0, 0.05) is 32.3 Å². The summed E-state index contributed by atoms with van der Waals surface area (Å²) in [4.78, 5) is 36.8. The third-order valence-electron chi connectivity index (χ3n) is 2.56. The Labute approximate surface area is 129 Å². The number of rotatable bonds is 3. The summed E-state index contributed by atoms with van der Waals surface area (Å²) in [6.07, 6.45) is 0. The third kappa shape index (κ3) is 3.44. The Hall–Kier alpha value is -1.71. The number of amides is 3. The third-order valence-corrected chi connectivity index (χ3v) is 3.48. The SMILES string of the molecule is CCN(C(=O)c1ccc(I)c([N+](=O)[O-])c1)C(=O)N(C)C. The van der Waals surface area contributed by atoms with Gasteiger partial charge < -0.3 is 4.90 Å². The molecule has 3 amide bonds. The number of halogens is 1. The van der Waals surface area contributed by atoms with Gasteiger partial charge in [-0.25, -0.2) is 4.79 Å². The van der Waals surface area contributed by atoms with Crippen LogP contribution in [0.5, 0.6) is 0 Å². The summed E-state index contributed by atoms with van der Waals surface area (Å²) in [5, 5.41) is 10.9. The second-order valence-corrected chi connectivity index (χ2v) is 5.31. The molecule has 0 aliphatic heterocycles. The molecule has 0 atom stereocenters. The molecular weight excluding hydrogens is 377 g/mol. The molecular formula is C12H14IN3O4. The second kappa shape index (κ2) is 6.64. The first kappa shape index (κ1) is 16.3. The number of hydrogen-bond donors (Lipinski definition) is 0. The number of urea groups is 1. The zero-order chi connectivity index (χ0) is 15.4. The van der Waals surface area contributed by atoms with E-state index in [-0.39, 0.29) is 17.8 Å². The van der Waals surface area contributed by atoms with Gasteiger partial charge in [0.15, 0.2) is 0 Å². The van der Waals surface area contributed by atoms with E-state index in [1.807, 2.05) is 22.6 Å². The number of nitro groups is 1. The largest absolute Gasteiger partial charge is 0.330 e. The molecule has 0 bridgehead atoms. The number of carbonyl (C=O) groups excluding carboxylic acids is 2. The summed E-state index contributed by atoms with van der Waals surface area (Å²) in [5.74, 6) is -0.550. The van der Waals surface area contributed by atoms with Crippen LogP contribution in [0.4, 0.5) is 10.5 Å². The lowest BCUT2D eigenvalue weighted by Crippen LogP contribution is -2.43. The molecule has 0 saturated heterocycles. The van der Waals surface area contributed by atoms with Crippen molar-refractivity contribution in [1.29, 1.82) is 0 Å². The highest BCUT2D eigenvalue weighted by Crippen LogP contribution is 2.22. The molecule has 1 aromatic carbocycles. The first-order valence-electron chi connectivity index (χ1n) is 5.76. The first-order chi connectivity index (χ1) is 9.29. The monoisotopic (exact) mass is 391 g/mol. The fourth-order valence-corrected chi connectivity index (χ4v) is 2.08. The number of carbonyl (C=O) groups is 2. The molecule has 0 saturated carbocycles. The molecule has 8 heteroatoms. The minimum Gasteiger partial charge on any atom is -0.330 e. The molecule has 0 heterocycles. The Bertz CT molecular complexity index is 560. The fourth-order valence-electron chi connectivity index (χ4n) is 1.55. The van der Waals surface area contributed by atoms with Crippen molar-refractivity contribution in [2.45, 2.75) is 6.92 Å². The number of imide groups is 1. The molecule has 0 N–H and O–H groups in total. The van der Waals surface area contributed by atoms with Gasteiger partial charge in [-0.05, 0) is 41.6 Å². The minimum atomic E-state index is -0.553. The standard InChI is InChI=1S/C12H14IN3O4/c1-4-15(12(18)14(2)3)11(17)8-5-6-9(13)10(7-8)16(19)20/h5-7H,4H2,1-3H3. The molecule has 7 nitrogen and oxygen atoms in total. The molecule has 1 rings (SSSR count). The van der Waals surface area contributed by atoms with Gasteiger partial charge in [-0.3, -0.25) is 19.8 Å². The average Bonchev–Trinajstić information content (AvgIpc) is 2.39. The van der Waals surface area contributed by atoms with E-state index in [2.05, 4.69) is 0 Å². The number of hydrogen-bond acceptors (Lipinski definition) is 4. The molecule has 1 aromatic rings. The molecule has 0 fully saturated rings. The Morgan fingerprint density at radius 1 is 1.35 bits per heavy atom. The molecule has 0 aliphatic rings. The lowest BCUT2D eigenvalue weighted by Gasteiger charge is -2.23. The zero-order valence-electron chi connectivity index (χ0n) is 11.3. The van der Waals surface area contributed by atoms with E-state index in [1.54, 1.807) is 6.92 Å². The van der Waals surface area contributed by atoms with Crippen molar-refractivity contribution >= 4 is 40.2 Å². The predicted molar refractivity (Wildman–Crippen MR) is 81.6 cm³/mol. The number of benzene rings is 1. The normalized spacial score (nSPS) is 10.0. The quantitative estimate of drug-likeness (QED) is 0.450. The molecule has 20 heavy (non-hydrogen) atoms. The van der Waals surface area contributed by atoms with Crippen molar-refractivity contribution in [3.63, 3.8) is 0 Å². The van der Waals surface area contributed by atoms with Crippen LogP contribution in [0.25, 0.3) is 0 Å². The van der Waals surface area contributed by atoms with Crippen LogP contribution < -0.4 is 0 Å². The lowest BCUT2D eigenvalue weighted by atomic mass is 10.2.